The van der Waals surface area contributed by atoms with Crippen LogP contribution < -0.4 is 5.32 Å². The molecule has 1 aliphatic rings. The Morgan fingerprint density at radius 3 is 2.25 bits per heavy atom. The van der Waals surface area contributed by atoms with E-state index < -0.39 is 0 Å². The van der Waals surface area contributed by atoms with Gasteiger partial charge in [-0.25, -0.2) is 0 Å². The summed E-state index contributed by atoms with van der Waals surface area (Å²) in [5.74, 6) is 0.906. The van der Waals surface area contributed by atoms with E-state index in [9.17, 15) is 0 Å². The van der Waals surface area contributed by atoms with E-state index in [1.165, 1.54) is 37.9 Å². The largest absolute Gasteiger partial charge is 0.482 e. The minimum Gasteiger partial charge on any atom is -0.429 e. The quantitative estimate of drug-likeness (QED) is 0.644. The molecule has 16 heavy (non-hydrogen) atoms. The van der Waals surface area contributed by atoms with Gasteiger partial charge in [0.1, 0.15) is 0 Å². The third-order valence-corrected chi connectivity index (χ3v) is 2.83. The fourth-order valence-corrected chi connectivity index (χ4v) is 2.03. The molecule has 87 valence electrons. The minimum atomic E-state index is 0. The van der Waals surface area contributed by atoms with Gasteiger partial charge in [0.05, 0.1) is 0 Å². The lowest BCUT2D eigenvalue weighted by Crippen LogP contribution is -2.28. The van der Waals surface area contributed by atoms with Crippen molar-refractivity contribution >= 4 is 7.69 Å². The first-order chi connectivity index (χ1) is 7.86. The van der Waals surface area contributed by atoms with E-state index in [1.807, 2.05) is 0 Å². The SMILES string of the molecule is O[B]O.c1ccc(CC2CCNCC2)cc1. The number of nitrogens with one attached hydrogen (secondary N) is 1. The van der Waals surface area contributed by atoms with Crippen LogP contribution in [0.25, 0.3) is 0 Å². The van der Waals surface area contributed by atoms with Crippen LogP contribution in [0, 0.1) is 5.92 Å². The summed E-state index contributed by atoms with van der Waals surface area (Å²) in [6, 6.07) is 10.8. The second kappa shape index (κ2) is 8.33. The smallest absolute Gasteiger partial charge is 0.429 e. The van der Waals surface area contributed by atoms with Gasteiger partial charge in [0.2, 0.25) is 0 Å². The first-order valence-electron chi connectivity index (χ1n) is 5.71. The molecule has 0 aromatic heterocycles. The van der Waals surface area contributed by atoms with Crippen LogP contribution in [0.2, 0.25) is 0 Å². The van der Waals surface area contributed by atoms with Crippen molar-refractivity contribution in [2.24, 2.45) is 5.92 Å². The Kier molecular flexibility index (Phi) is 6.89. The van der Waals surface area contributed by atoms with Crippen LogP contribution in [0.15, 0.2) is 30.3 Å². The second-order valence-corrected chi connectivity index (χ2v) is 4.00. The molecular formula is C12H19BNO2. The molecule has 3 N–H and O–H groups in total. The van der Waals surface area contributed by atoms with Crippen molar-refractivity contribution in [1.82, 2.24) is 5.32 Å². The third-order valence-electron chi connectivity index (χ3n) is 2.83. The summed E-state index contributed by atoms with van der Waals surface area (Å²) >= 11 is 0. The summed E-state index contributed by atoms with van der Waals surface area (Å²) in [6.45, 7) is 2.41. The van der Waals surface area contributed by atoms with E-state index in [1.54, 1.807) is 0 Å². The highest BCUT2D eigenvalue weighted by Gasteiger charge is 2.12. The lowest BCUT2D eigenvalue weighted by Gasteiger charge is -2.22. The highest BCUT2D eigenvalue weighted by Crippen LogP contribution is 2.17. The van der Waals surface area contributed by atoms with Crippen molar-refractivity contribution < 1.29 is 10.0 Å². The number of benzene rings is 1. The topological polar surface area (TPSA) is 52.5 Å². The molecule has 0 bridgehead atoms. The predicted octanol–water partition coefficient (Wildman–Crippen LogP) is 0.734. The monoisotopic (exact) mass is 220 g/mol. The van der Waals surface area contributed by atoms with Crippen LogP contribution in [0.5, 0.6) is 0 Å². The van der Waals surface area contributed by atoms with Crippen LogP contribution in [0.4, 0.5) is 0 Å². The molecule has 4 heteroatoms. The van der Waals surface area contributed by atoms with E-state index in [0.717, 1.165) is 5.92 Å². The Morgan fingerprint density at radius 2 is 1.69 bits per heavy atom. The third kappa shape index (κ3) is 5.30. The number of hydrogen-bond donors (Lipinski definition) is 3. The van der Waals surface area contributed by atoms with Gasteiger partial charge < -0.3 is 15.4 Å². The summed E-state index contributed by atoms with van der Waals surface area (Å²) in [4.78, 5) is 0. The first-order valence-corrected chi connectivity index (χ1v) is 5.71. The normalized spacial score (nSPS) is 16.1. The molecule has 1 aromatic carbocycles. The molecule has 1 fully saturated rings. The van der Waals surface area contributed by atoms with Gasteiger partial charge in [-0.3, -0.25) is 0 Å². The van der Waals surface area contributed by atoms with Crippen molar-refractivity contribution in [1.29, 1.82) is 0 Å². The molecule has 0 unspecified atom stereocenters. The van der Waals surface area contributed by atoms with Crippen molar-refractivity contribution in [2.45, 2.75) is 19.3 Å². The molecule has 1 heterocycles. The maximum absolute atomic E-state index is 7.00. The Hall–Kier alpha value is -0.835. The van der Waals surface area contributed by atoms with Gasteiger partial charge in [0.15, 0.2) is 0 Å². The molecule has 0 spiro atoms. The Morgan fingerprint density at radius 1 is 1.12 bits per heavy atom. The molecule has 1 aromatic rings. The van der Waals surface area contributed by atoms with Gasteiger partial charge in [0.25, 0.3) is 0 Å². The van der Waals surface area contributed by atoms with Crippen molar-refractivity contribution in [3.63, 3.8) is 0 Å². The Labute approximate surface area is 97.8 Å². The standard InChI is InChI=1S/C12H17N.BH2O2/c1-2-4-11(5-3-1)10-12-6-8-13-9-7-12;2-1-3/h1-5,12-13H,6-10H2;2-3H. The lowest BCUT2D eigenvalue weighted by molar-refractivity contribution is 0.372. The fourth-order valence-electron chi connectivity index (χ4n) is 2.03. The van der Waals surface area contributed by atoms with Crippen LogP contribution in [0.3, 0.4) is 0 Å². The maximum atomic E-state index is 7.00. The van der Waals surface area contributed by atoms with Crippen molar-refractivity contribution in [2.75, 3.05) is 13.1 Å². The molecular weight excluding hydrogens is 201 g/mol. The van der Waals surface area contributed by atoms with Crippen molar-refractivity contribution in [3.8, 4) is 0 Å². The van der Waals surface area contributed by atoms with Gasteiger partial charge in [-0.1, -0.05) is 30.3 Å². The van der Waals surface area contributed by atoms with Crippen LogP contribution in [-0.4, -0.2) is 30.8 Å². The number of hydrogen-bond acceptors (Lipinski definition) is 3. The van der Waals surface area contributed by atoms with E-state index >= 15 is 0 Å². The summed E-state index contributed by atoms with van der Waals surface area (Å²) in [5.41, 5.74) is 1.49. The summed E-state index contributed by atoms with van der Waals surface area (Å²) in [7, 11) is 0. The van der Waals surface area contributed by atoms with Crippen molar-refractivity contribution in [3.05, 3.63) is 35.9 Å². The zero-order valence-electron chi connectivity index (χ0n) is 9.47. The van der Waals surface area contributed by atoms with E-state index in [2.05, 4.69) is 35.6 Å². The van der Waals surface area contributed by atoms with Gasteiger partial charge in [0, 0.05) is 0 Å². The molecule has 1 aliphatic heterocycles. The average molecular weight is 220 g/mol. The molecule has 2 rings (SSSR count). The first kappa shape index (κ1) is 13.2. The van der Waals surface area contributed by atoms with Crippen LogP contribution in [0.1, 0.15) is 18.4 Å². The van der Waals surface area contributed by atoms with Gasteiger partial charge >= 0.3 is 7.69 Å². The van der Waals surface area contributed by atoms with E-state index in [0.29, 0.717) is 0 Å². The predicted molar refractivity (Wildman–Crippen MR) is 65.9 cm³/mol. The van der Waals surface area contributed by atoms with Gasteiger partial charge in [-0.2, -0.15) is 0 Å². The zero-order valence-corrected chi connectivity index (χ0v) is 9.47. The highest BCUT2D eigenvalue weighted by molar-refractivity contribution is 6.13. The average Bonchev–Trinajstić information content (AvgIpc) is 2.33. The summed E-state index contributed by atoms with van der Waals surface area (Å²) in [5, 5.41) is 17.4. The Balaban J connectivity index is 0.000000386. The maximum Gasteiger partial charge on any atom is 0.482 e. The molecule has 0 saturated carbocycles. The summed E-state index contributed by atoms with van der Waals surface area (Å²) in [6.07, 6.45) is 3.95. The number of piperidine rings is 1. The lowest BCUT2D eigenvalue weighted by atomic mass is 9.91. The fraction of sp³-hybridized carbons (Fsp3) is 0.500. The molecule has 0 atom stereocenters. The minimum absolute atomic E-state index is 0. The number of rotatable bonds is 2. The molecule has 0 aliphatic carbocycles. The molecule has 1 saturated heterocycles. The zero-order chi connectivity index (χ0) is 11.6. The molecule has 1 radical (unpaired) electrons. The van der Waals surface area contributed by atoms with E-state index in [4.69, 9.17) is 10.0 Å². The molecule has 3 nitrogen and oxygen atoms in total. The van der Waals surface area contributed by atoms with Gasteiger partial charge in [-0.15, -0.1) is 0 Å². The van der Waals surface area contributed by atoms with Crippen LogP contribution >= 0.6 is 0 Å². The summed E-state index contributed by atoms with van der Waals surface area (Å²) < 4.78 is 0. The van der Waals surface area contributed by atoms with E-state index in [-0.39, 0.29) is 7.69 Å². The second-order valence-electron chi connectivity index (χ2n) is 4.00. The Bertz CT molecular complexity index is 263. The molecule has 0 amide bonds. The van der Waals surface area contributed by atoms with Crippen LogP contribution in [-0.2, 0) is 6.42 Å². The highest BCUT2D eigenvalue weighted by atomic mass is 16.4. The van der Waals surface area contributed by atoms with Gasteiger partial charge in [-0.05, 0) is 43.8 Å².